The Morgan fingerprint density at radius 1 is 1.00 bits per heavy atom. The van der Waals surface area contributed by atoms with Crippen LogP contribution in [0.2, 0.25) is 0 Å². The third-order valence-corrected chi connectivity index (χ3v) is 5.24. The van der Waals surface area contributed by atoms with Crippen molar-refractivity contribution in [1.29, 1.82) is 0 Å². The van der Waals surface area contributed by atoms with Crippen molar-refractivity contribution in [1.82, 2.24) is 0 Å². The zero-order chi connectivity index (χ0) is 10.3. The van der Waals surface area contributed by atoms with Crippen molar-refractivity contribution < 1.29 is 0 Å². The zero-order valence-electron chi connectivity index (χ0n) is 8.90. The Labute approximate surface area is 100 Å². The summed E-state index contributed by atoms with van der Waals surface area (Å²) in [5.74, 6) is 2.80. The van der Waals surface area contributed by atoms with Gasteiger partial charge in [0, 0.05) is 4.83 Å². The predicted octanol–water partition coefficient (Wildman–Crippen LogP) is 4.35. The van der Waals surface area contributed by atoms with E-state index in [2.05, 4.69) is 46.3 Å². The fraction of sp³-hybridized carbons (Fsp3) is 0.571. The lowest BCUT2D eigenvalue weighted by molar-refractivity contribution is 0.483. The van der Waals surface area contributed by atoms with Gasteiger partial charge in [0.15, 0.2) is 0 Å². The number of benzene rings is 1. The monoisotopic (exact) mass is 264 g/mol. The first kappa shape index (κ1) is 9.89. The molecule has 1 heteroatoms. The van der Waals surface area contributed by atoms with Crippen molar-refractivity contribution in [3.8, 4) is 0 Å². The number of alkyl halides is 1. The summed E-state index contributed by atoms with van der Waals surface area (Å²) in [6.07, 6.45) is 5.70. The summed E-state index contributed by atoms with van der Waals surface area (Å²) in [5, 5.41) is 0. The Morgan fingerprint density at radius 2 is 1.80 bits per heavy atom. The van der Waals surface area contributed by atoms with Crippen LogP contribution in [0.25, 0.3) is 0 Å². The van der Waals surface area contributed by atoms with Crippen molar-refractivity contribution in [2.75, 3.05) is 0 Å². The van der Waals surface area contributed by atoms with E-state index in [-0.39, 0.29) is 0 Å². The fourth-order valence-corrected chi connectivity index (χ4v) is 4.18. The summed E-state index contributed by atoms with van der Waals surface area (Å²) < 4.78 is 0. The van der Waals surface area contributed by atoms with Crippen LogP contribution in [-0.2, 0) is 0 Å². The van der Waals surface area contributed by atoms with Gasteiger partial charge in [0.25, 0.3) is 0 Å². The lowest BCUT2D eigenvalue weighted by Gasteiger charge is -2.13. The van der Waals surface area contributed by atoms with Crippen LogP contribution in [0.4, 0.5) is 0 Å². The summed E-state index contributed by atoms with van der Waals surface area (Å²) in [5.41, 5.74) is 1.56. The zero-order valence-corrected chi connectivity index (χ0v) is 10.5. The van der Waals surface area contributed by atoms with Crippen LogP contribution in [0.5, 0.6) is 0 Å². The van der Waals surface area contributed by atoms with Gasteiger partial charge in [-0.1, -0.05) is 52.7 Å². The van der Waals surface area contributed by atoms with Crippen LogP contribution in [0.15, 0.2) is 30.3 Å². The number of hydrogen-bond donors (Lipinski definition) is 0. The highest BCUT2D eigenvalue weighted by molar-refractivity contribution is 9.09. The molecule has 4 atom stereocenters. The number of halogens is 1. The van der Waals surface area contributed by atoms with E-state index < -0.39 is 0 Å². The molecule has 0 amide bonds. The molecule has 15 heavy (non-hydrogen) atoms. The van der Waals surface area contributed by atoms with E-state index in [4.69, 9.17) is 0 Å². The first-order valence-electron chi connectivity index (χ1n) is 6.05. The maximum Gasteiger partial charge on any atom is 0.0176 e. The van der Waals surface area contributed by atoms with E-state index in [0.29, 0.717) is 0 Å². The van der Waals surface area contributed by atoms with Gasteiger partial charge in [-0.2, -0.15) is 0 Å². The molecule has 0 spiro atoms. The van der Waals surface area contributed by atoms with E-state index in [1.54, 1.807) is 5.56 Å². The fourth-order valence-electron chi connectivity index (χ4n) is 3.20. The lowest BCUT2D eigenvalue weighted by Crippen LogP contribution is -2.09. The minimum atomic E-state index is 0.802. The normalized spacial score (nSPS) is 39.3. The second-order valence-electron chi connectivity index (χ2n) is 5.03. The topological polar surface area (TPSA) is 0 Å². The molecule has 2 aliphatic rings. The molecule has 4 unspecified atom stereocenters. The minimum absolute atomic E-state index is 0.802. The van der Waals surface area contributed by atoms with Crippen LogP contribution in [0.3, 0.4) is 0 Å². The maximum absolute atomic E-state index is 3.85. The van der Waals surface area contributed by atoms with Gasteiger partial charge < -0.3 is 0 Å². The highest BCUT2D eigenvalue weighted by Gasteiger charge is 2.46. The maximum atomic E-state index is 3.85. The molecule has 2 fully saturated rings. The molecule has 1 aromatic carbocycles. The van der Waals surface area contributed by atoms with Crippen LogP contribution >= 0.6 is 15.9 Å². The van der Waals surface area contributed by atoms with Crippen LogP contribution in [0, 0.1) is 11.8 Å². The van der Waals surface area contributed by atoms with E-state index >= 15 is 0 Å². The minimum Gasteiger partial charge on any atom is -0.0888 e. The quantitative estimate of drug-likeness (QED) is 0.697. The summed E-state index contributed by atoms with van der Waals surface area (Å²) in [4.78, 5) is 0.802. The summed E-state index contributed by atoms with van der Waals surface area (Å²) in [6, 6.07) is 11.0. The van der Waals surface area contributed by atoms with Gasteiger partial charge in [-0.15, -0.1) is 0 Å². The molecule has 3 rings (SSSR count). The molecule has 1 aromatic rings. The van der Waals surface area contributed by atoms with Gasteiger partial charge in [-0.05, 0) is 42.6 Å². The van der Waals surface area contributed by atoms with Gasteiger partial charge in [-0.3, -0.25) is 0 Å². The van der Waals surface area contributed by atoms with Crippen molar-refractivity contribution in [3.63, 3.8) is 0 Å². The highest BCUT2D eigenvalue weighted by atomic mass is 79.9. The molecule has 0 N–H and O–H groups in total. The molecular weight excluding hydrogens is 248 g/mol. The molecule has 2 saturated carbocycles. The van der Waals surface area contributed by atoms with E-state index in [0.717, 1.165) is 22.6 Å². The largest absolute Gasteiger partial charge is 0.0888 e. The van der Waals surface area contributed by atoms with Crippen LogP contribution in [-0.4, -0.2) is 4.83 Å². The van der Waals surface area contributed by atoms with Gasteiger partial charge in [0.05, 0.1) is 0 Å². The van der Waals surface area contributed by atoms with Gasteiger partial charge in [-0.25, -0.2) is 0 Å². The number of rotatable bonds is 2. The third-order valence-electron chi connectivity index (χ3n) is 4.10. The standard InChI is InChI=1S/C14H17Br/c15-14-8-4-7-11(14)13-9-12(13)10-5-2-1-3-6-10/h1-3,5-6,11-14H,4,7-9H2. The highest BCUT2D eigenvalue weighted by Crippen LogP contribution is 2.56. The number of hydrogen-bond acceptors (Lipinski definition) is 0. The molecule has 0 heterocycles. The van der Waals surface area contributed by atoms with Crippen LogP contribution in [0.1, 0.15) is 37.2 Å². The van der Waals surface area contributed by atoms with Crippen molar-refractivity contribution >= 4 is 15.9 Å². The Kier molecular flexibility index (Phi) is 2.59. The first-order chi connectivity index (χ1) is 7.36. The molecule has 0 saturated heterocycles. The Bertz CT molecular complexity index is 332. The molecule has 0 nitrogen and oxygen atoms in total. The van der Waals surface area contributed by atoms with Crippen molar-refractivity contribution in [2.24, 2.45) is 11.8 Å². The van der Waals surface area contributed by atoms with E-state index in [1.807, 2.05) is 0 Å². The average Bonchev–Trinajstić information content (AvgIpc) is 2.96. The predicted molar refractivity (Wildman–Crippen MR) is 67.3 cm³/mol. The third kappa shape index (κ3) is 1.87. The van der Waals surface area contributed by atoms with Gasteiger partial charge >= 0.3 is 0 Å². The van der Waals surface area contributed by atoms with Crippen molar-refractivity contribution in [3.05, 3.63) is 35.9 Å². The molecule has 80 valence electrons. The summed E-state index contributed by atoms with van der Waals surface area (Å²) in [6.45, 7) is 0. The second-order valence-corrected chi connectivity index (χ2v) is 6.20. The summed E-state index contributed by atoms with van der Waals surface area (Å²) >= 11 is 3.85. The van der Waals surface area contributed by atoms with Gasteiger partial charge in [0.1, 0.15) is 0 Å². The SMILES string of the molecule is BrC1CCCC1C1CC1c1ccccc1. The second kappa shape index (κ2) is 3.93. The van der Waals surface area contributed by atoms with Gasteiger partial charge in [0.2, 0.25) is 0 Å². The van der Waals surface area contributed by atoms with E-state index in [1.165, 1.54) is 25.7 Å². The average molecular weight is 265 g/mol. The molecule has 0 bridgehead atoms. The molecule has 0 aliphatic heterocycles. The summed E-state index contributed by atoms with van der Waals surface area (Å²) in [7, 11) is 0. The molecule has 0 aromatic heterocycles. The molecular formula is C14H17Br. The van der Waals surface area contributed by atoms with Crippen LogP contribution < -0.4 is 0 Å². The lowest BCUT2D eigenvalue weighted by atomic mass is 9.98. The first-order valence-corrected chi connectivity index (χ1v) is 6.97. The van der Waals surface area contributed by atoms with Crippen molar-refractivity contribution in [2.45, 2.75) is 36.4 Å². The molecule has 0 radical (unpaired) electrons. The Morgan fingerprint density at radius 3 is 2.47 bits per heavy atom. The Hall–Kier alpha value is -0.300. The molecule has 2 aliphatic carbocycles. The smallest absolute Gasteiger partial charge is 0.0176 e. The Balaban J connectivity index is 1.69. The van der Waals surface area contributed by atoms with E-state index in [9.17, 15) is 0 Å².